The van der Waals surface area contributed by atoms with Crippen molar-refractivity contribution in [3.8, 4) is 5.75 Å². The molecule has 1 amide bonds. The van der Waals surface area contributed by atoms with Gasteiger partial charge in [0.2, 0.25) is 0 Å². The van der Waals surface area contributed by atoms with Crippen LogP contribution in [0.15, 0.2) is 47.6 Å². The Bertz CT molecular complexity index is 851. The van der Waals surface area contributed by atoms with Crippen molar-refractivity contribution in [2.75, 3.05) is 6.61 Å². The number of rotatable bonds is 7. The Balaban J connectivity index is 1.88. The number of ether oxygens (including phenoxy) is 1. The van der Waals surface area contributed by atoms with E-state index in [1.807, 2.05) is 24.3 Å². The van der Waals surface area contributed by atoms with E-state index in [-0.39, 0.29) is 28.0 Å². The van der Waals surface area contributed by atoms with Crippen molar-refractivity contribution in [2.45, 2.75) is 46.5 Å². The normalized spacial score (nSPS) is 12.2. The molecule has 156 valence electrons. The molecule has 1 N–H and O–H groups in total. The third-order valence-electron chi connectivity index (χ3n) is 4.36. The van der Waals surface area contributed by atoms with Gasteiger partial charge in [0.1, 0.15) is 11.6 Å². The van der Waals surface area contributed by atoms with Crippen LogP contribution in [0.4, 0.5) is 4.39 Å². The van der Waals surface area contributed by atoms with E-state index in [1.165, 1.54) is 23.9 Å². The molecule has 0 saturated carbocycles. The van der Waals surface area contributed by atoms with Gasteiger partial charge in [-0.05, 0) is 47.1 Å². The quantitative estimate of drug-likeness (QED) is 0.461. The number of carbonyl (C=O) groups excluding carboxylic acids is 1. The molecular weight excluding hydrogens is 391 g/mol. The van der Waals surface area contributed by atoms with Crippen LogP contribution in [0.3, 0.4) is 0 Å². The Morgan fingerprint density at radius 2 is 1.79 bits per heavy atom. The highest BCUT2D eigenvalue weighted by atomic mass is 35.5. The third kappa shape index (κ3) is 7.17. The van der Waals surface area contributed by atoms with Crippen molar-refractivity contribution < 1.29 is 13.9 Å². The zero-order chi connectivity index (χ0) is 21.7. The predicted molar refractivity (Wildman–Crippen MR) is 116 cm³/mol. The molecule has 0 aromatic heterocycles. The van der Waals surface area contributed by atoms with E-state index in [0.29, 0.717) is 5.75 Å². The zero-order valence-electron chi connectivity index (χ0n) is 17.6. The van der Waals surface area contributed by atoms with Gasteiger partial charge in [0, 0.05) is 5.56 Å². The third-order valence-corrected chi connectivity index (χ3v) is 4.69. The van der Waals surface area contributed by atoms with Crippen LogP contribution < -0.4 is 10.2 Å². The first-order chi connectivity index (χ1) is 13.5. The summed E-state index contributed by atoms with van der Waals surface area (Å²) >= 11 is 5.90. The van der Waals surface area contributed by atoms with Crippen molar-refractivity contribution in [3.05, 3.63) is 64.4 Å². The molecule has 0 heterocycles. The maximum Gasteiger partial charge on any atom is 0.277 e. The fourth-order valence-electron chi connectivity index (χ4n) is 3.41. The van der Waals surface area contributed by atoms with E-state index >= 15 is 0 Å². The topological polar surface area (TPSA) is 50.7 Å². The molecule has 0 bridgehead atoms. The molecule has 0 radical (unpaired) electrons. The Kier molecular flexibility index (Phi) is 7.42. The first-order valence-corrected chi connectivity index (χ1v) is 9.85. The van der Waals surface area contributed by atoms with Gasteiger partial charge < -0.3 is 4.74 Å². The Labute approximate surface area is 177 Å². The fourth-order valence-corrected chi connectivity index (χ4v) is 3.63. The minimum atomic E-state index is -0.513. The van der Waals surface area contributed by atoms with Gasteiger partial charge in [-0.3, -0.25) is 4.79 Å². The standard InChI is InChI=1S/C23H28ClFN2O2/c1-22(2,3)15-23(4,5)16-9-11-17(12-10-16)29-14-21(28)27-26-13-18-19(24)7-6-8-20(18)25/h6-13H,14-15H2,1-5H3,(H,27,28)/b26-13+. The highest BCUT2D eigenvalue weighted by Crippen LogP contribution is 2.36. The maximum atomic E-state index is 13.6. The van der Waals surface area contributed by atoms with Gasteiger partial charge in [0.25, 0.3) is 5.91 Å². The van der Waals surface area contributed by atoms with Crippen molar-refractivity contribution in [1.29, 1.82) is 0 Å². The van der Waals surface area contributed by atoms with Crippen LogP contribution >= 0.6 is 11.6 Å². The summed E-state index contributed by atoms with van der Waals surface area (Å²) in [7, 11) is 0. The number of hydrazone groups is 1. The van der Waals surface area contributed by atoms with E-state index in [4.69, 9.17) is 16.3 Å². The number of hydrogen-bond donors (Lipinski definition) is 1. The van der Waals surface area contributed by atoms with Crippen molar-refractivity contribution in [2.24, 2.45) is 10.5 Å². The molecule has 0 aliphatic heterocycles. The maximum absolute atomic E-state index is 13.6. The van der Waals surface area contributed by atoms with Crippen LogP contribution in [0.2, 0.25) is 5.02 Å². The number of carbonyl (C=O) groups is 1. The molecule has 2 rings (SSSR count). The average molecular weight is 419 g/mol. The molecule has 4 nitrogen and oxygen atoms in total. The first kappa shape index (κ1) is 22.9. The lowest BCUT2D eigenvalue weighted by Crippen LogP contribution is -2.25. The van der Waals surface area contributed by atoms with Crippen LogP contribution in [-0.2, 0) is 10.2 Å². The van der Waals surface area contributed by atoms with Crippen LogP contribution in [0.5, 0.6) is 5.75 Å². The molecule has 6 heteroatoms. The number of benzene rings is 2. The summed E-state index contributed by atoms with van der Waals surface area (Å²) in [6, 6.07) is 12.1. The van der Waals surface area contributed by atoms with E-state index in [2.05, 4.69) is 45.1 Å². The molecule has 0 aliphatic carbocycles. The SMILES string of the molecule is CC(C)(C)CC(C)(C)c1ccc(OCC(=O)N/N=C/c2c(F)cccc2Cl)cc1. The Morgan fingerprint density at radius 3 is 2.38 bits per heavy atom. The van der Waals surface area contributed by atoms with Gasteiger partial charge in [-0.25, -0.2) is 9.82 Å². The molecule has 0 saturated heterocycles. The monoisotopic (exact) mass is 418 g/mol. The van der Waals surface area contributed by atoms with Gasteiger partial charge in [0.05, 0.1) is 11.2 Å². The number of halogens is 2. The van der Waals surface area contributed by atoms with E-state index in [1.54, 1.807) is 6.07 Å². The summed E-state index contributed by atoms with van der Waals surface area (Å²) in [5, 5.41) is 3.94. The number of hydrogen-bond acceptors (Lipinski definition) is 3. The summed E-state index contributed by atoms with van der Waals surface area (Å²) < 4.78 is 19.1. The first-order valence-electron chi connectivity index (χ1n) is 9.47. The van der Waals surface area contributed by atoms with E-state index in [9.17, 15) is 9.18 Å². The molecule has 2 aromatic carbocycles. The second kappa shape index (κ2) is 9.40. The van der Waals surface area contributed by atoms with Gasteiger partial charge in [0.15, 0.2) is 6.61 Å². The fraction of sp³-hybridized carbons (Fsp3) is 0.391. The van der Waals surface area contributed by atoms with Crippen LogP contribution in [0.1, 0.15) is 52.2 Å². The number of nitrogens with one attached hydrogen (secondary N) is 1. The lowest BCUT2D eigenvalue weighted by molar-refractivity contribution is -0.123. The molecule has 0 unspecified atom stereocenters. The van der Waals surface area contributed by atoms with Crippen LogP contribution in [-0.4, -0.2) is 18.7 Å². The lowest BCUT2D eigenvalue weighted by atomic mass is 9.72. The molecule has 29 heavy (non-hydrogen) atoms. The Hall–Kier alpha value is -2.40. The number of amides is 1. The molecule has 0 fully saturated rings. The smallest absolute Gasteiger partial charge is 0.277 e. The van der Waals surface area contributed by atoms with Gasteiger partial charge in [-0.1, -0.05) is 64.4 Å². The van der Waals surface area contributed by atoms with Gasteiger partial charge in [-0.2, -0.15) is 5.10 Å². The highest BCUT2D eigenvalue weighted by molar-refractivity contribution is 6.33. The summed E-state index contributed by atoms with van der Waals surface area (Å²) in [6.07, 6.45) is 2.22. The molecule has 2 aromatic rings. The highest BCUT2D eigenvalue weighted by Gasteiger charge is 2.27. The zero-order valence-corrected chi connectivity index (χ0v) is 18.3. The molecule has 0 spiro atoms. The van der Waals surface area contributed by atoms with Crippen molar-refractivity contribution >= 4 is 23.7 Å². The Morgan fingerprint density at radius 1 is 1.14 bits per heavy atom. The second-order valence-corrected chi connectivity index (χ2v) is 9.27. The average Bonchev–Trinajstić information content (AvgIpc) is 2.61. The largest absolute Gasteiger partial charge is 0.484 e. The second-order valence-electron chi connectivity index (χ2n) is 8.86. The van der Waals surface area contributed by atoms with Crippen LogP contribution in [0, 0.1) is 11.2 Å². The summed E-state index contributed by atoms with van der Waals surface area (Å²) in [5.41, 5.74) is 3.90. The summed E-state index contributed by atoms with van der Waals surface area (Å²) in [5.74, 6) is -0.372. The molecule has 0 atom stereocenters. The van der Waals surface area contributed by atoms with E-state index < -0.39 is 11.7 Å². The van der Waals surface area contributed by atoms with Gasteiger partial charge in [-0.15, -0.1) is 0 Å². The summed E-state index contributed by atoms with van der Waals surface area (Å²) in [4.78, 5) is 11.9. The van der Waals surface area contributed by atoms with Gasteiger partial charge >= 0.3 is 0 Å². The minimum absolute atomic E-state index is 0.0385. The summed E-state index contributed by atoms with van der Waals surface area (Å²) in [6.45, 7) is 10.9. The lowest BCUT2D eigenvalue weighted by Gasteiger charge is -2.33. The molecular formula is C23H28ClFN2O2. The van der Waals surface area contributed by atoms with Crippen molar-refractivity contribution in [3.63, 3.8) is 0 Å². The van der Waals surface area contributed by atoms with E-state index in [0.717, 1.165) is 6.42 Å². The minimum Gasteiger partial charge on any atom is -0.484 e. The molecule has 0 aliphatic rings. The predicted octanol–water partition coefficient (Wildman–Crippen LogP) is 5.72. The van der Waals surface area contributed by atoms with Crippen LogP contribution in [0.25, 0.3) is 0 Å². The van der Waals surface area contributed by atoms with Crippen molar-refractivity contribution in [1.82, 2.24) is 5.43 Å². The number of nitrogens with zero attached hydrogens (tertiary/aromatic N) is 1.